The minimum Gasteiger partial charge on any atom is -0.348 e. The van der Waals surface area contributed by atoms with Crippen LogP contribution in [0.1, 0.15) is 5.56 Å². The molecule has 1 N–H and O–H groups in total. The number of aryl methyl sites for hydroxylation is 1. The fraction of sp³-hybridized carbons (Fsp3) is 0.200. The Labute approximate surface area is 93.0 Å². The lowest BCUT2D eigenvalue weighted by atomic mass is 10.1. The first kappa shape index (κ1) is 11.2. The standard InChI is InChI=1S/C10H9F2NO2S/c1-13-3-2-6-4-7(5-16(14)15)8(11)9(12)10(6)13/h2-4H,5H2,1H3,(H,14,15). The summed E-state index contributed by atoms with van der Waals surface area (Å²) in [5.41, 5.74) is 0.0713. The van der Waals surface area contributed by atoms with E-state index in [1.165, 1.54) is 10.6 Å². The van der Waals surface area contributed by atoms with E-state index in [-0.39, 0.29) is 11.1 Å². The summed E-state index contributed by atoms with van der Waals surface area (Å²) in [4.78, 5) is 0. The Morgan fingerprint density at radius 2 is 2.12 bits per heavy atom. The first-order chi connectivity index (χ1) is 7.50. The van der Waals surface area contributed by atoms with Crippen LogP contribution in [0.15, 0.2) is 18.3 Å². The van der Waals surface area contributed by atoms with Gasteiger partial charge in [0, 0.05) is 24.2 Å². The van der Waals surface area contributed by atoms with E-state index in [1.807, 2.05) is 0 Å². The smallest absolute Gasteiger partial charge is 0.183 e. The molecule has 0 radical (unpaired) electrons. The molecule has 2 aromatic rings. The van der Waals surface area contributed by atoms with Gasteiger partial charge in [0.05, 0.1) is 11.3 Å². The average Bonchev–Trinajstić information content (AvgIpc) is 2.55. The van der Waals surface area contributed by atoms with Crippen LogP contribution in [0.4, 0.5) is 8.78 Å². The quantitative estimate of drug-likeness (QED) is 0.824. The molecular formula is C10H9F2NO2S. The largest absolute Gasteiger partial charge is 0.348 e. The number of hydrogen-bond donors (Lipinski definition) is 1. The SMILES string of the molecule is Cn1ccc2cc(CS(=O)O)c(F)c(F)c21. The highest BCUT2D eigenvalue weighted by Gasteiger charge is 2.16. The summed E-state index contributed by atoms with van der Waals surface area (Å²) < 4.78 is 47.9. The zero-order valence-electron chi connectivity index (χ0n) is 8.41. The summed E-state index contributed by atoms with van der Waals surface area (Å²) in [7, 11) is 1.61. The summed E-state index contributed by atoms with van der Waals surface area (Å²) in [5, 5.41) is 0.516. The van der Waals surface area contributed by atoms with E-state index < -0.39 is 28.5 Å². The van der Waals surface area contributed by atoms with Gasteiger partial charge in [-0.25, -0.2) is 13.0 Å². The Morgan fingerprint density at radius 1 is 1.44 bits per heavy atom. The normalized spacial score (nSPS) is 13.2. The van der Waals surface area contributed by atoms with Crippen molar-refractivity contribution in [3.63, 3.8) is 0 Å². The van der Waals surface area contributed by atoms with Crippen LogP contribution in [-0.2, 0) is 23.9 Å². The Bertz CT molecular complexity index is 580. The number of rotatable bonds is 2. The Balaban J connectivity index is 2.70. The molecule has 16 heavy (non-hydrogen) atoms. The predicted octanol–water partition coefficient (Wildman–Crippen LogP) is 2.18. The molecule has 0 aliphatic rings. The van der Waals surface area contributed by atoms with Crippen molar-refractivity contribution in [2.24, 2.45) is 7.05 Å². The van der Waals surface area contributed by atoms with Crippen LogP contribution >= 0.6 is 0 Å². The van der Waals surface area contributed by atoms with E-state index in [0.717, 1.165) is 0 Å². The number of nitrogens with zero attached hydrogens (tertiary/aromatic N) is 1. The maximum Gasteiger partial charge on any atom is 0.183 e. The van der Waals surface area contributed by atoms with Crippen molar-refractivity contribution in [1.29, 1.82) is 0 Å². The molecule has 1 aromatic carbocycles. The number of halogens is 2. The van der Waals surface area contributed by atoms with Gasteiger partial charge in [0.2, 0.25) is 0 Å². The molecule has 1 aromatic heterocycles. The molecule has 0 bridgehead atoms. The van der Waals surface area contributed by atoms with Crippen LogP contribution in [-0.4, -0.2) is 13.3 Å². The van der Waals surface area contributed by atoms with E-state index in [1.54, 1.807) is 19.3 Å². The fourth-order valence-corrected chi connectivity index (χ4v) is 2.16. The van der Waals surface area contributed by atoms with Crippen molar-refractivity contribution >= 4 is 22.0 Å². The fourth-order valence-electron chi connectivity index (χ4n) is 1.68. The van der Waals surface area contributed by atoms with Gasteiger partial charge in [-0.2, -0.15) is 0 Å². The molecule has 0 saturated carbocycles. The summed E-state index contributed by atoms with van der Waals surface area (Å²) in [6.07, 6.45) is 1.60. The Kier molecular flexibility index (Phi) is 2.77. The van der Waals surface area contributed by atoms with E-state index in [4.69, 9.17) is 4.55 Å². The molecule has 1 unspecified atom stereocenters. The van der Waals surface area contributed by atoms with Gasteiger partial charge in [0.1, 0.15) is 0 Å². The second-order valence-electron chi connectivity index (χ2n) is 3.49. The maximum absolute atomic E-state index is 13.6. The van der Waals surface area contributed by atoms with Gasteiger partial charge in [0.25, 0.3) is 0 Å². The van der Waals surface area contributed by atoms with Crippen molar-refractivity contribution in [2.45, 2.75) is 5.75 Å². The molecule has 1 atom stereocenters. The average molecular weight is 245 g/mol. The molecule has 1 heterocycles. The van der Waals surface area contributed by atoms with Crippen molar-refractivity contribution in [3.8, 4) is 0 Å². The van der Waals surface area contributed by atoms with Gasteiger partial charge in [-0.05, 0) is 12.1 Å². The van der Waals surface area contributed by atoms with E-state index in [0.29, 0.717) is 5.39 Å². The highest BCUT2D eigenvalue weighted by molar-refractivity contribution is 7.78. The number of hydrogen-bond acceptors (Lipinski definition) is 1. The molecule has 0 aliphatic carbocycles. The number of fused-ring (bicyclic) bond motifs is 1. The Morgan fingerprint density at radius 3 is 2.75 bits per heavy atom. The lowest BCUT2D eigenvalue weighted by molar-refractivity contribution is 0.504. The summed E-state index contributed by atoms with van der Waals surface area (Å²) in [5.74, 6) is -2.45. The van der Waals surface area contributed by atoms with Gasteiger partial charge >= 0.3 is 0 Å². The highest BCUT2D eigenvalue weighted by Crippen LogP contribution is 2.24. The monoisotopic (exact) mass is 245 g/mol. The number of benzene rings is 1. The van der Waals surface area contributed by atoms with E-state index >= 15 is 0 Å². The van der Waals surface area contributed by atoms with Crippen molar-refractivity contribution < 1.29 is 17.5 Å². The molecule has 0 spiro atoms. The zero-order chi connectivity index (χ0) is 11.9. The van der Waals surface area contributed by atoms with Crippen LogP contribution in [0, 0.1) is 11.6 Å². The molecule has 6 heteroatoms. The predicted molar refractivity (Wildman–Crippen MR) is 57.3 cm³/mol. The van der Waals surface area contributed by atoms with Crippen molar-refractivity contribution in [1.82, 2.24) is 4.57 Å². The van der Waals surface area contributed by atoms with Crippen molar-refractivity contribution in [2.75, 3.05) is 0 Å². The molecule has 0 fully saturated rings. The van der Waals surface area contributed by atoms with Crippen LogP contribution in [0.3, 0.4) is 0 Å². The molecule has 0 saturated heterocycles. The molecule has 0 amide bonds. The third kappa shape index (κ3) is 1.74. The lowest BCUT2D eigenvalue weighted by Gasteiger charge is -2.04. The molecule has 3 nitrogen and oxygen atoms in total. The van der Waals surface area contributed by atoms with E-state index in [9.17, 15) is 13.0 Å². The lowest BCUT2D eigenvalue weighted by Crippen LogP contribution is -2.01. The topological polar surface area (TPSA) is 42.2 Å². The molecule has 0 aliphatic heterocycles. The molecular weight excluding hydrogens is 236 g/mol. The zero-order valence-corrected chi connectivity index (χ0v) is 9.22. The maximum atomic E-state index is 13.6. The van der Waals surface area contributed by atoms with Gasteiger partial charge in [-0.1, -0.05) is 0 Å². The van der Waals surface area contributed by atoms with Crippen LogP contribution in [0.25, 0.3) is 10.9 Å². The third-order valence-electron chi connectivity index (χ3n) is 2.40. The van der Waals surface area contributed by atoms with Gasteiger partial charge in [-0.15, -0.1) is 0 Å². The third-order valence-corrected chi connectivity index (χ3v) is 2.95. The minimum atomic E-state index is -2.18. The molecule has 86 valence electrons. The first-order valence-electron chi connectivity index (χ1n) is 4.50. The van der Waals surface area contributed by atoms with Crippen LogP contribution in [0.5, 0.6) is 0 Å². The van der Waals surface area contributed by atoms with E-state index in [2.05, 4.69) is 0 Å². The second-order valence-corrected chi connectivity index (χ2v) is 4.43. The Hall–Kier alpha value is -1.27. The minimum absolute atomic E-state index is 0.0861. The van der Waals surface area contributed by atoms with Gasteiger partial charge in [0.15, 0.2) is 22.7 Å². The second kappa shape index (κ2) is 3.95. The van der Waals surface area contributed by atoms with Crippen LogP contribution < -0.4 is 0 Å². The first-order valence-corrected chi connectivity index (χ1v) is 5.77. The summed E-state index contributed by atoms with van der Waals surface area (Å²) in [6.45, 7) is 0. The molecule has 2 rings (SSSR count). The van der Waals surface area contributed by atoms with Crippen LogP contribution in [0.2, 0.25) is 0 Å². The van der Waals surface area contributed by atoms with Crippen molar-refractivity contribution in [3.05, 3.63) is 35.5 Å². The summed E-state index contributed by atoms with van der Waals surface area (Å²) >= 11 is -2.18. The summed E-state index contributed by atoms with van der Waals surface area (Å²) in [6, 6.07) is 3.02. The van der Waals surface area contributed by atoms with Gasteiger partial charge in [-0.3, -0.25) is 0 Å². The highest BCUT2D eigenvalue weighted by atomic mass is 32.2. The number of aromatic nitrogens is 1. The van der Waals surface area contributed by atoms with Gasteiger partial charge < -0.3 is 9.12 Å².